The second-order valence-corrected chi connectivity index (χ2v) is 11.6. The highest BCUT2D eigenvalue weighted by Crippen LogP contribution is 2.44. The maximum atomic E-state index is 12.8. The number of carbonyl (C=O) groups is 4. The molecule has 3 amide bonds. The smallest absolute Gasteiger partial charge is 0.408 e. The lowest BCUT2D eigenvalue weighted by Gasteiger charge is -2.26. The maximum absolute atomic E-state index is 12.8. The van der Waals surface area contributed by atoms with Crippen molar-refractivity contribution in [2.24, 2.45) is 16.9 Å². The number of carboxylic acid groups (broad SMARTS) is 1. The number of ether oxygens (including phenoxy) is 2. The highest BCUT2D eigenvalue weighted by molar-refractivity contribution is 5.97. The third kappa shape index (κ3) is 8.08. The molecular weight excluding hydrogens is 540 g/mol. The molecule has 0 aliphatic heterocycles. The van der Waals surface area contributed by atoms with Crippen LogP contribution in [0.5, 0.6) is 0 Å². The first-order valence-electron chi connectivity index (χ1n) is 14.2. The number of hydrogen-bond donors (Lipinski definition) is 4. The van der Waals surface area contributed by atoms with Crippen molar-refractivity contribution in [1.82, 2.24) is 16.1 Å². The summed E-state index contributed by atoms with van der Waals surface area (Å²) >= 11 is 0. The zero-order chi connectivity index (χ0) is 30.3. The van der Waals surface area contributed by atoms with Gasteiger partial charge >= 0.3 is 24.1 Å². The van der Waals surface area contributed by atoms with Gasteiger partial charge in [-0.25, -0.2) is 19.8 Å². The van der Waals surface area contributed by atoms with E-state index in [4.69, 9.17) is 14.6 Å². The number of hydrazone groups is 1. The van der Waals surface area contributed by atoms with Crippen molar-refractivity contribution in [2.75, 3.05) is 13.2 Å². The number of rotatable bonds is 9. The average molecular weight is 579 g/mol. The Morgan fingerprint density at radius 2 is 1.57 bits per heavy atom. The number of nitrogens with zero attached hydrogens (tertiary/aromatic N) is 1. The van der Waals surface area contributed by atoms with E-state index in [-0.39, 0.29) is 24.4 Å². The van der Waals surface area contributed by atoms with Crippen LogP contribution in [0.25, 0.3) is 11.1 Å². The van der Waals surface area contributed by atoms with Crippen molar-refractivity contribution in [2.45, 2.75) is 64.0 Å². The van der Waals surface area contributed by atoms with Crippen LogP contribution in [0, 0.1) is 11.8 Å². The van der Waals surface area contributed by atoms with Gasteiger partial charge in [0.2, 0.25) is 0 Å². The summed E-state index contributed by atoms with van der Waals surface area (Å²) in [6.45, 7) is 5.53. The predicted molar refractivity (Wildman–Crippen MR) is 156 cm³/mol. The lowest BCUT2D eigenvalue weighted by Crippen LogP contribution is -2.46. The molecule has 42 heavy (non-hydrogen) atoms. The zero-order valence-electron chi connectivity index (χ0n) is 24.1. The number of urea groups is 1. The highest BCUT2D eigenvalue weighted by atomic mass is 16.6. The van der Waals surface area contributed by atoms with E-state index in [0.29, 0.717) is 32.2 Å². The molecule has 224 valence electrons. The number of benzene rings is 2. The Labute approximate surface area is 245 Å². The van der Waals surface area contributed by atoms with E-state index >= 15 is 0 Å². The fourth-order valence-electron chi connectivity index (χ4n) is 5.35. The molecule has 0 unspecified atom stereocenters. The summed E-state index contributed by atoms with van der Waals surface area (Å²) < 4.78 is 11.0. The van der Waals surface area contributed by atoms with Crippen LogP contribution in [0.4, 0.5) is 9.59 Å². The Morgan fingerprint density at radius 1 is 0.976 bits per heavy atom. The van der Waals surface area contributed by atoms with Crippen molar-refractivity contribution >= 4 is 30.3 Å². The maximum Gasteiger partial charge on any atom is 0.408 e. The molecule has 0 radical (unpaired) electrons. The summed E-state index contributed by atoms with van der Waals surface area (Å²) in [5, 5.41) is 18.1. The number of alkyl carbamates (subject to hydrolysis) is 1. The largest absolute Gasteiger partial charge is 0.481 e. The van der Waals surface area contributed by atoms with E-state index in [1.165, 1.54) is 0 Å². The van der Waals surface area contributed by atoms with Crippen molar-refractivity contribution in [3.8, 4) is 11.1 Å². The normalized spacial score (nSPS) is 18.8. The first-order chi connectivity index (χ1) is 20.0. The van der Waals surface area contributed by atoms with Gasteiger partial charge in [-0.2, -0.15) is 5.10 Å². The predicted octanol–water partition coefficient (Wildman–Crippen LogP) is 4.41. The van der Waals surface area contributed by atoms with Gasteiger partial charge in [0.05, 0.1) is 12.1 Å². The Bertz CT molecular complexity index is 1280. The Kier molecular flexibility index (Phi) is 9.82. The molecule has 2 aromatic rings. The van der Waals surface area contributed by atoms with Crippen LogP contribution in [-0.4, -0.2) is 60.2 Å². The van der Waals surface area contributed by atoms with Gasteiger partial charge in [-0.15, -0.1) is 0 Å². The Balaban J connectivity index is 1.31. The highest BCUT2D eigenvalue weighted by Gasteiger charge is 2.31. The molecule has 0 heterocycles. The number of nitrogens with one attached hydrogen (secondary N) is 3. The second kappa shape index (κ2) is 13.5. The van der Waals surface area contributed by atoms with Gasteiger partial charge in [0.15, 0.2) is 6.04 Å². The van der Waals surface area contributed by atoms with E-state index in [1.54, 1.807) is 20.8 Å². The molecule has 1 fully saturated rings. The van der Waals surface area contributed by atoms with Gasteiger partial charge in [-0.1, -0.05) is 48.5 Å². The minimum absolute atomic E-state index is 0.0626. The molecule has 1 saturated carbocycles. The lowest BCUT2D eigenvalue weighted by molar-refractivity contribution is -0.155. The molecule has 2 aromatic carbocycles. The van der Waals surface area contributed by atoms with Gasteiger partial charge in [-0.3, -0.25) is 4.79 Å². The molecule has 2 aliphatic carbocycles. The zero-order valence-corrected chi connectivity index (χ0v) is 24.1. The van der Waals surface area contributed by atoms with Crippen LogP contribution in [0.2, 0.25) is 0 Å². The fraction of sp³-hybridized carbons (Fsp3) is 0.452. The first kappa shape index (κ1) is 30.5. The Hall–Kier alpha value is -4.41. The van der Waals surface area contributed by atoms with Crippen LogP contribution in [0.15, 0.2) is 53.6 Å². The van der Waals surface area contributed by atoms with Crippen LogP contribution < -0.4 is 16.1 Å². The summed E-state index contributed by atoms with van der Waals surface area (Å²) in [6.07, 6.45) is 2.84. The van der Waals surface area contributed by atoms with Crippen LogP contribution in [-0.2, 0) is 19.1 Å². The van der Waals surface area contributed by atoms with Crippen molar-refractivity contribution in [3.63, 3.8) is 0 Å². The number of carbonyl (C=O) groups excluding carboxylic acids is 3. The van der Waals surface area contributed by atoms with E-state index in [0.717, 1.165) is 28.5 Å². The molecule has 2 aliphatic rings. The number of esters is 1. The van der Waals surface area contributed by atoms with Gasteiger partial charge in [0, 0.05) is 12.5 Å². The third-order valence-electron chi connectivity index (χ3n) is 7.41. The van der Waals surface area contributed by atoms with Crippen LogP contribution in [0.3, 0.4) is 0 Å². The van der Waals surface area contributed by atoms with Crippen molar-refractivity contribution in [3.05, 3.63) is 59.7 Å². The third-order valence-corrected chi connectivity index (χ3v) is 7.41. The van der Waals surface area contributed by atoms with Gasteiger partial charge < -0.3 is 25.2 Å². The van der Waals surface area contributed by atoms with E-state index < -0.39 is 35.7 Å². The molecule has 11 nitrogen and oxygen atoms in total. The lowest BCUT2D eigenvalue weighted by atomic mass is 9.82. The summed E-state index contributed by atoms with van der Waals surface area (Å²) in [5.74, 6) is -1.84. The minimum atomic E-state index is -1.31. The van der Waals surface area contributed by atoms with Crippen LogP contribution in [0.1, 0.15) is 63.5 Å². The van der Waals surface area contributed by atoms with Gasteiger partial charge in [-0.05, 0) is 74.6 Å². The van der Waals surface area contributed by atoms with Crippen molar-refractivity contribution in [1.29, 1.82) is 0 Å². The fourth-order valence-corrected chi connectivity index (χ4v) is 5.35. The van der Waals surface area contributed by atoms with E-state index in [2.05, 4.69) is 21.2 Å². The second-order valence-electron chi connectivity index (χ2n) is 11.6. The number of carboxylic acids is 1. The summed E-state index contributed by atoms with van der Waals surface area (Å²) in [5.41, 5.74) is 5.78. The topological polar surface area (TPSA) is 155 Å². The monoisotopic (exact) mass is 578 g/mol. The molecule has 11 heteroatoms. The number of aliphatic carboxylic acids is 1. The molecular formula is C31H38N4O7. The standard InChI is InChI=1S/C31H38N4O7/c1-31(2,3)42-28(38)26(17-33-35-29(39)32-16-19-12-14-20(15-13-19)27(36)37)34-30(40)41-18-25-23-10-6-4-8-21(23)22-9-5-7-11-24(22)25/h4-11,17,19-20,25-26H,12-16,18H2,1-3H3,(H,34,40)(H,36,37)(H2,32,35,39)/b33-17+/t19?,20?,26-/m1/s1. The quantitative estimate of drug-likeness (QED) is 0.195. The number of fused-ring (bicyclic) bond motifs is 3. The summed E-state index contributed by atoms with van der Waals surface area (Å²) in [7, 11) is 0. The molecule has 1 atom stereocenters. The molecule has 4 N–H and O–H groups in total. The molecule has 0 spiro atoms. The van der Waals surface area contributed by atoms with E-state index in [1.807, 2.05) is 48.5 Å². The summed E-state index contributed by atoms with van der Waals surface area (Å²) in [6, 6.07) is 14.0. The molecule has 4 rings (SSSR count). The first-order valence-corrected chi connectivity index (χ1v) is 14.2. The number of amides is 3. The van der Waals surface area contributed by atoms with Gasteiger partial charge in [0.25, 0.3) is 0 Å². The van der Waals surface area contributed by atoms with Crippen molar-refractivity contribution < 1.29 is 33.8 Å². The number of hydrogen-bond acceptors (Lipinski definition) is 7. The Morgan fingerprint density at radius 3 is 2.14 bits per heavy atom. The minimum Gasteiger partial charge on any atom is -0.481 e. The van der Waals surface area contributed by atoms with Gasteiger partial charge in [0.1, 0.15) is 12.2 Å². The molecule has 0 bridgehead atoms. The SMILES string of the molecule is CC(C)(C)OC(=O)[C@@H](/C=N/NC(=O)NCC1CCC(C(=O)O)CC1)NC(=O)OCC1c2ccccc2-c2ccccc21. The summed E-state index contributed by atoms with van der Waals surface area (Å²) in [4.78, 5) is 49.0. The average Bonchev–Trinajstić information content (AvgIpc) is 3.27. The van der Waals surface area contributed by atoms with E-state index in [9.17, 15) is 19.2 Å². The van der Waals surface area contributed by atoms with Crippen LogP contribution >= 0.6 is 0 Å². The molecule has 0 aromatic heterocycles. The molecule has 0 saturated heterocycles.